The summed E-state index contributed by atoms with van der Waals surface area (Å²) in [5, 5.41) is 14.2. The Kier molecular flexibility index (Phi) is 5.73. The lowest BCUT2D eigenvalue weighted by atomic mass is 10.2. The van der Waals surface area contributed by atoms with Gasteiger partial charge < -0.3 is 26.4 Å². The van der Waals surface area contributed by atoms with Crippen LogP contribution in [-0.2, 0) is 0 Å². The molecule has 116 valence electrons. The van der Waals surface area contributed by atoms with Crippen molar-refractivity contribution >= 4 is 23.0 Å². The Hall–Kier alpha value is -2.55. The molecule has 1 aromatic carbocycles. The summed E-state index contributed by atoms with van der Waals surface area (Å²) >= 11 is 0. The van der Waals surface area contributed by atoms with Crippen LogP contribution >= 0.6 is 0 Å². The molecule has 0 bridgehead atoms. The van der Waals surface area contributed by atoms with Gasteiger partial charge in [-0.1, -0.05) is 0 Å². The van der Waals surface area contributed by atoms with Crippen molar-refractivity contribution in [2.45, 2.75) is 0 Å². The molecule has 0 saturated carbocycles. The lowest BCUT2D eigenvalue weighted by Gasteiger charge is -2.20. The van der Waals surface area contributed by atoms with E-state index in [1.54, 1.807) is 18.0 Å². The van der Waals surface area contributed by atoms with E-state index in [0.717, 1.165) is 0 Å². The first-order valence-electron chi connectivity index (χ1n) is 6.22. The molecule has 1 aromatic rings. The van der Waals surface area contributed by atoms with Crippen molar-refractivity contribution in [1.29, 1.82) is 0 Å². The third-order valence-corrected chi connectivity index (χ3v) is 2.83. The minimum Gasteiger partial charge on any atom is -0.494 e. The number of ether oxygens (including phenoxy) is 1. The first kappa shape index (κ1) is 16.5. The van der Waals surface area contributed by atoms with Gasteiger partial charge in [0.05, 0.1) is 12.0 Å². The van der Waals surface area contributed by atoms with Crippen LogP contribution in [0.15, 0.2) is 17.1 Å². The van der Waals surface area contributed by atoms with Crippen LogP contribution in [0.5, 0.6) is 5.75 Å². The van der Waals surface area contributed by atoms with Crippen molar-refractivity contribution in [1.82, 2.24) is 5.32 Å². The average Bonchev–Trinajstić information content (AvgIpc) is 2.43. The highest BCUT2D eigenvalue weighted by molar-refractivity contribution is 5.82. The van der Waals surface area contributed by atoms with Gasteiger partial charge in [0.25, 0.3) is 5.69 Å². The van der Waals surface area contributed by atoms with E-state index in [9.17, 15) is 10.1 Å². The van der Waals surface area contributed by atoms with Crippen LogP contribution in [0.3, 0.4) is 0 Å². The third kappa shape index (κ3) is 4.21. The highest BCUT2D eigenvalue weighted by Crippen LogP contribution is 2.39. The van der Waals surface area contributed by atoms with Gasteiger partial charge in [-0.15, -0.1) is 0 Å². The molecule has 0 unspecified atom stereocenters. The zero-order chi connectivity index (χ0) is 16.0. The normalized spacial score (nSPS) is 10.0. The SMILES string of the molecule is CNCCN(C)c1cc(OC)c(N=C(N)N)cc1[N+](=O)[O-]. The molecule has 0 aliphatic carbocycles. The number of nitrogens with one attached hydrogen (secondary N) is 1. The van der Waals surface area contributed by atoms with Crippen LogP contribution < -0.4 is 26.4 Å². The quantitative estimate of drug-likeness (QED) is 0.282. The van der Waals surface area contributed by atoms with Gasteiger partial charge in [0.1, 0.15) is 17.1 Å². The molecule has 0 atom stereocenters. The van der Waals surface area contributed by atoms with Gasteiger partial charge in [-0.3, -0.25) is 10.1 Å². The summed E-state index contributed by atoms with van der Waals surface area (Å²) < 4.78 is 5.19. The second kappa shape index (κ2) is 7.29. The van der Waals surface area contributed by atoms with E-state index in [-0.39, 0.29) is 17.3 Å². The number of hydrogen-bond acceptors (Lipinski definition) is 6. The molecule has 1 rings (SSSR count). The van der Waals surface area contributed by atoms with Crippen LogP contribution in [0.1, 0.15) is 0 Å². The van der Waals surface area contributed by atoms with E-state index in [0.29, 0.717) is 24.5 Å². The predicted octanol–water partition coefficient (Wildman–Crippen LogP) is 0.164. The number of nitro benzene ring substituents is 1. The van der Waals surface area contributed by atoms with Gasteiger partial charge in [-0.05, 0) is 7.05 Å². The van der Waals surface area contributed by atoms with Crippen LogP contribution in [-0.4, -0.2) is 45.2 Å². The number of aliphatic imine (C=N–C) groups is 1. The predicted molar refractivity (Wildman–Crippen MR) is 82.3 cm³/mol. The summed E-state index contributed by atoms with van der Waals surface area (Å²) in [6, 6.07) is 2.85. The van der Waals surface area contributed by atoms with E-state index in [1.807, 2.05) is 7.05 Å². The second-order valence-corrected chi connectivity index (χ2v) is 4.33. The Bertz CT molecular complexity index is 542. The summed E-state index contributed by atoms with van der Waals surface area (Å²) in [6.07, 6.45) is 0. The fourth-order valence-electron chi connectivity index (χ4n) is 1.79. The highest BCUT2D eigenvalue weighted by Gasteiger charge is 2.21. The van der Waals surface area contributed by atoms with Crippen LogP contribution in [0.25, 0.3) is 0 Å². The smallest absolute Gasteiger partial charge is 0.294 e. The Balaban J connectivity index is 3.36. The summed E-state index contributed by atoms with van der Waals surface area (Å²) in [7, 11) is 5.02. The number of benzene rings is 1. The molecule has 0 aromatic heterocycles. The molecule has 0 amide bonds. The number of methoxy groups -OCH3 is 1. The van der Waals surface area contributed by atoms with Crippen molar-refractivity contribution in [3.05, 3.63) is 22.2 Å². The molecule has 9 heteroatoms. The monoisotopic (exact) mass is 296 g/mol. The summed E-state index contributed by atoms with van der Waals surface area (Å²) in [5.74, 6) is 0.166. The highest BCUT2D eigenvalue weighted by atomic mass is 16.6. The van der Waals surface area contributed by atoms with Crippen molar-refractivity contribution in [2.24, 2.45) is 16.5 Å². The van der Waals surface area contributed by atoms with E-state index in [2.05, 4.69) is 10.3 Å². The van der Waals surface area contributed by atoms with Gasteiger partial charge in [0.2, 0.25) is 0 Å². The number of nitrogens with zero attached hydrogens (tertiary/aromatic N) is 3. The van der Waals surface area contributed by atoms with E-state index < -0.39 is 4.92 Å². The first-order chi connectivity index (χ1) is 9.90. The molecule has 0 radical (unpaired) electrons. The summed E-state index contributed by atoms with van der Waals surface area (Å²) in [4.78, 5) is 16.4. The van der Waals surface area contributed by atoms with Gasteiger partial charge >= 0.3 is 0 Å². The van der Waals surface area contributed by atoms with E-state index in [4.69, 9.17) is 16.2 Å². The number of nitrogens with two attached hydrogens (primary N) is 2. The zero-order valence-electron chi connectivity index (χ0n) is 12.3. The molecule has 0 aliphatic rings. The van der Waals surface area contributed by atoms with Crippen molar-refractivity contribution < 1.29 is 9.66 Å². The zero-order valence-corrected chi connectivity index (χ0v) is 12.3. The lowest BCUT2D eigenvalue weighted by Crippen LogP contribution is -2.27. The van der Waals surface area contributed by atoms with Gasteiger partial charge in [0.15, 0.2) is 5.96 Å². The Labute approximate surface area is 122 Å². The summed E-state index contributed by atoms with van der Waals surface area (Å²) in [5.41, 5.74) is 11.2. The fraction of sp³-hybridized carbons (Fsp3) is 0.417. The minimum atomic E-state index is -0.476. The molecule has 21 heavy (non-hydrogen) atoms. The maximum Gasteiger partial charge on any atom is 0.294 e. The summed E-state index contributed by atoms with van der Waals surface area (Å²) in [6.45, 7) is 1.29. The van der Waals surface area contributed by atoms with Crippen LogP contribution in [0.2, 0.25) is 0 Å². The van der Waals surface area contributed by atoms with E-state index >= 15 is 0 Å². The second-order valence-electron chi connectivity index (χ2n) is 4.33. The fourth-order valence-corrected chi connectivity index (χ4v) is 1.79. The first-order valence-corrected chi connectivity index (χ1v) is 6.22. The van der Waals surface area contributed by atoms with Crippen molar-refractivity contribution in [3.63, 3.8) is 0 Å². The maximum absolute atomic E-state index is 11.2. The molecule has 0 saturated heterocycles. The van der Waals surface area contributed by atoms with Crippen molar-refractivity contribution in [3.8, 4) is 5.75 Å². The number of likely N-dealkylation sites (N-methyl/N-ethyl adjacent to an activating group) is 2. The molecule has 9 nitrogen and oxygen atoms in total. The van der Waals surface area contributed by atoms with Crippen LogP contribution in [0.4, 0.5) is 17.1 Å². The average molecular weight is 296 g/mol. The van der Waals surface area contributed by atoms with E-state index in [1.165, 1.54) is 13.2 Å². The van der Waals surface area contributed by atoms with Gasteiger partial charge in [-0.2, -0.15) is 0 Å². The number of guanidine groups is 1. The molecule has 0 fully saturated rings. The molecular weight excluding hydrogens is 276 g/mol. The largest absolute Gasteiger partial charge is 0.494 e. The Morgan fingerprint density at radius 2 is 2.19 bits per heavy atom. The minimum absolute atomic E-state index is 0.0885. The molecule has 0 aliphatic heterocycles. The van der Waals surface area contributed by atoms with Gasteiger partial charge in [0, 0.05) is 32.3 Å². The number of nitro groups is 1. The molecule has 0 heterocycles. The number of anilines is 1. The maximum atomic E-state index is 11.2. The Morgan fingerprint density at radius 1 is 1.52 bits per heavy atom. The van der Waals surface area contributed by atoms with Crippen LogP contribution in [0, 0.1) is 10.1 Å². The Morgan fingerprint density at radius 3 is 2.67 bits per heavy atom. The lowest BCUT2D eigenvalue weighted by molar-refractivity contribution is -0.384. The molecule has 5 N–H and O–H groups in total. The third-order valence-electron chi connectivity index (χ3n) is 2.83. The number of rotatable bonds is 7. The standard InChI is InChI=1S/C12H20N6O3/c1-15-4-5-17(2)9-7-11(21-3)8(16-12(13)14)6-10(9)18(19)20/h6-7,15H,4-5H2,1-3H3,(H4,13,14,16). The number of hydrogen-bond donors (Lipinski definition) is 3. The molecule has 0 spiro atoms. The topological polar surface area (TPSA) is 132 Å². The van der Waals surface area contributed by atoms with Crippen molar-refractivity contribution in [2.75, 3.05) is 39.2 Å². The molecular formula is C12H20N6O3. The van der Waals surface area contributed by atoms with Gasteiger partial charge in [-0.25, -0.2) is 4.99 Å².